The summed E-state index contributed by atoms with van der Waals surface area (Å²) in [7, 11) is 0. The van der Waals surface area contributed by atoms with Gasteiger partial charge in [0.05, 0.1) is 11.3 Å². The fraction of sp³-hybridized carbons (Fsp3) is 0.0909. The molecule has 0 atom stereocenters. The molecule has 0 bridgehead atoms. The summed E-state index contributed by atoms with van der Waals surface area (Å²) in [5, 5.41) is 12.1. The van der Waals surface area contributed by atoms with Gasteiger partial charge in [0, 0.05) is 4.47 Å². The lowest BCUT2D eigenvalue weighted by Crippen LogP contribution is -2.12. The van der Waals surface area contributed by atoms with E-state index in [1.807, 2.05) is 0 Å². The highest BCUT2D eigenvalue weighted by atomic mass is 79.9. The molecule has 2 rings (SSSR count). The van der Waals surface area contributed by atoms with Gasteiger partial charge in [-0.25, -0.2) is 0 Å². The van der Waals surface area contributed by atoms with E-state index in [1.54, 1.807) is 13.0 Å². The summed E-state index contributed by atoms with van der Waals surface area (Å²) in [5.74, 6) is -0.586. The van der Waals surface area contributed by atoms with Crippen molar-refractivity contribution in [1.29, 1.82) is 0 Å². The number of phenols is 1. The van der Waals surface area contributed by atoms with E-state index in [4.69, 9.17) is 4.42 Å². The molecule has 2 N–H and O–H groups in total. The maximum absolute atomic E-state index is 11.8. The van der Waals surface area contributed by atoms with E-state index < -0.39 is 5.91 Å². The van der Waals surface area contributed by atoms with Crippen LogP contribution in [0.5, 0.6) is 5.75 Å². The van der Waals surface area contributed by atoms with Crippen molar-refractivity contribution in [2.75, 3.05) is 5.32 Å². The van der Waals surface area contributed by atoms with Crippen molar-refractivity contribution in [1.82, 2.24) is 4.98 Å². The highest BCUT2D eigenvalue weighted by Crippen LogP contribution is 2.23. The second-order valence-corrected chi connectivity index (χ2v) is 4.33. The topological polar surface area (TPSA) is 75.4 Å². The standard InChI is InChI=1S/C11H9BrN2O3/c1-6-5-17-11(13-6)14-10(16)8-3-2-7(12)4-9(8)15/h2-5,15H,1H3,(H,13,14,16). The lowest BCUT2D eigenvalue weighted by molar-refractivity contribution is 0.102. The third-order valence-electron chi connectivity index (χ3n) is 2.04. The number of anilines is 1. The zero-order chi connectivity index (χ0) is 12.4. The van der Waals surface area contributed by atoms with Crippen LogP contribution in [0.25, 0.3) is 0 Å². The van der Waals surface area contributed by atoms with Crippen molar-refractivity contribution in [2.24, 2.45) is 0 Å². The normalized spacial score (nSPS) is 10.2. The molecule has 0 aliphatic carbocycles. The molecule has 1 aromatic carbocycles. The van der Waals surface area contributed by atoms with Crippen molar-refractivity contribution >= 4 is 27.9 Å². The van der Waals surface area contributed by atoms with E-state index in [0.29, 0.717) is 10.2 Å². The van der Waals surface area contributed by atoms with Crippen LogP contribution in [0.3, 0.4) is 0 Å². The van der Waals surface area contributed by atoms with Gasteiger partial charge >= 0.3 is 6.01 Å². The Morgan fingerprint density at radius 2 is 2.29 bits per heavy atom. The molecule has 0 saturated heterocycles. The van der Waals surface area contributed by atoms with Crippen LogP contribution in [0.15, 0.2) is 33.4 Å². The molecule has 17 heavy (non-hydrogen) atoms. The van der Waals surface area contributed by atoms with E-state index in [9.17, 15) is 9.90 Å². The number of amides is 1. The fourth-order valence-corrected chi connectivity index (χ4v) is 1.62. The van der Waals surface area contributed by atoms with Gasteiger partial charge in [-0.2, -0.15) is 4.98 Å². The number of halogens is 1. The van der Waals surface area contributed by atoms with E-state index >= 15 is 0 Å². The van der Waals surface area contributed by atoms with Gasteiger partial charge < -0.3 is 9.52 Å². The van der Waals surface area contributed by atoms with Crippen molar-refractivity contribution in [3.63, 3.8) is 0 Å². The van der Waals surface area contributed by atoms with Crippen LogP contribution >= 0.6 is 15.9 Å². The highest BCUT2D eigenvalue weighted by Gasteiger charge is 2.13. The number of nitrogens with one attached hydrogen (secondary N) is 1. The first-order chi connectivity index (χ1) is 8.06. The number of carbonyl (C=O) groups is 1. The summed E-state index contributed by atoms with van der Waals surface area (Å²) in [6, 6.07) is 4.71. The van der Waals surface area contributed by atoms with Gasteiger partial charge in [0.25, 0.3) is 5.91 Å². The number of hydrogen-bond donors (Lipinski definition) is 2. The molecule has 0 fully saturated rings. The number of hydrogen-bond acceptors (Lipinski definition) is 4. The second kappa shape index (κ2) is 4.58. The average Bonchev–Trinajstić information content (AvgIpc) is 2.63. The van der Waals surface area contributed by atoms with Crippen LogP contribution in [-0.2, 0) is 0 Å². The molecule has 6 heteroatoms. The molecule has 1 heterocycles. The molecule has 0 aliphatic rings. The molecule has 5 nitrogen and oxygen atoms in total. The summed E-state index contributed by atoms with van der Waals surface area (Å²) in [4.78, 5) is 15.7. The van der Waals surface area contributed by atoms with E-state index in [-0.39, 0.29) is 17.3 Å². The summed E-state index contributed by atoms with van der Waals surface area (Å²) >= 11 is 3.19. The molecular weight excluding hydrogens is 288 g/mol. The third kappa shape index (κ3) is 2.65. The Morgan fingerprint density at radius 3 is 2.88 bits per heavy atom. The number of carbonyl (C=O) groups excluding carboxylic acids is 1. The molecule has 88 valence electrons. The zero-order valence-corrected chi connectivity index (χ0v) is 10.5. The number of benzene rings is 1. The lowest BCUT2D eigenvalue weighted by Gasteiger charge is -2.03. The maximum Gasteiger partial charge on any atom is 0.301 e. The first kappa shape index (κ1) is 11.7. The molecule has 1 amide bonds. The first-order valence-corrected chi connectivity index (χ1v) is 5.57. The average molecular weight is 297 g/mol. The number of aromatic hydroxyl groups is 1. The quantitative estimate of drug-likeness (QED) is 0.893. The molecule has 0 spiro atoms. The molecule has 0 unspecified atom stereocenters. The minimum Gasteiger partial charge on any atom is -0.507 e. The number of aryl methyl sites for hydroxylation is 1. The van der Waals surface area contributed by atoms with Crippen molar-refractivity contribution in [2.45, 2.75) is 6.92 Å². The van der Waals surface area contributed by atoms with Crippen molar-refractivity contribution in [3.8, 4) is 5.75 Å². The summed E-state index contributed by atoms with van der Waals surface area (Å²) in [6.45, 7) is 1.75. The largest absolute Gasteiger partial charge is 0.507 e. The minimum atomic E-state index is -0.475. The Labute approximate surface area is 106 Å². The third-order valence-corrected chi connectivity index (χ3v) is 2.54. The molecule has 0 aliphatic heterocycles. The van der Waals surface area contributed by atoms with Crippen LogP contribution in [-0.4, -0.2) is 16.0 Å². The molecule has 1 aromatic heterocycles. The summed E-state index contributed by atoms with van der Waals surface area (Å²) < 4.78 is 5.68. The van der Waals surface area contributed by atoms with Gasteiger partial charge in [0.2, 0.25) is 0 Å². The number of aromatic nitrogens is 1. The SMILES string of the molecule is Cc1coc(NC(=O)c2ccc(Br)cc2O)n1. The number of rotatable bonds is 2. The van der Waals surface area contributed by atoms with Crippen LogP contribution in [0.1, 0.15) is 16.1 Å². The van der Waals surface area contributed by atoms with E-state index in [0.717, 1.165) is 0 Å². The Bertz CT molecular complexity index is 566. The fourth-order valence-electron chi connectivity index (χ4n) is 1.27. The van der Waals surface area contributed by atoms with E-state index in [2.05, 4.69) is 26.2 Å². The smallest absolute Gasteiger partial charge is 0.301 e. The van der Waals surface area contributed by atoms with Gasteiger partial charge in [-0.3, -0.25) is 10.1 Å². The molecule has 2 aromatic rings. The van der Waals surface area contributed by atoms with Gasteiger partial charge in [0.15, 0.2) is 0 Å². The van der Waals surface area contributed by atoms with Crippen molar-refractivity contribution in [3.05, 3.63) is 40.2 Å². The van der Waals surface area contributed by atoms with Crippen LogP contribution in [0.4, 0.5) is 6.01 Å². The van der Waals surface area contributed by atoms with Gasteiger partial charge in [-0.15, -0.1) is 0 Å². The zero-order valence-electron chi connectivity index (χ0n) is 8.90. The van der Waals surface area contributed by atoms with Crippen LogP contribution < -0.4 is 5.32 Å². The second-order valence-electron chi connectivity index (χ2n) is 3.41. The molecule has 0 radical (unpaired) electrons. The minimum absolute atomic E-state index is 0.106. The first-order valence-electron chi connectivity index (χ1n) is 4.78. The maximum atomic E-state index is 11.8. The molecule has 0 saturated carbocycles. The van der Waals surface area contributed by atoms with Gasteiger partial charge in [-0.1, -0.05) is 15.9 Å². The monoisotopic (exact) mass is 296 g/mol. The predicted octanol–water partition coefficient (Wildman–Crippen LogP) is 2.70. The number of oxazole rings is 1. The van der Waals surface area contributed by atoms with Crippen LogP contribution in [0, 0.1) is 6.92 Å². The number of nitrogens with zero attached hydrogens (tertiary/aromatic N) is 1. The Balaban J connectivity index is 2.20. The lowest BCUT2D eigenvalue weighted by atomic mass is 10.2. The molecular formula is C11H9BrN2O3. The number of phenolic OH excluding ortho intramolecular Hbond substituents is 1. The Morgan fingerprint density at radius 1 is 1.53 bits per heavy atom. The summed E-state index contributed by atoms with van der Waals surface area (Å²) in [5.41, 5.74) is 0.824. The highest BCUT2D eigenvalue weighted by molar-refractivity contribution is 9.10. The summed E-state index contributed by atoms with van der Waals surface area (Å²) in [6.07, 6.45) is 1.43. The van der Waals surface area contributed by atoms with Crippen molar-refractivity contribution < 1.29 is 14.3 Å². The predicted molar refractivity (Wildman–Crippen MR) is 65.0 cm³/mol. The Hall–Kier alpha value is -1.82. The van der Waals surface area contributed by atoms with Gasteiger partial charge in [-0.05, 0) is 25.1 Å². The van der Waals surface area contributed by atoms with E-state index in [1.165, 1.54) is 18.4 Å². The Kier molecular flexibility index (Phi) is 3.14. The van der Waals surface area contributed by atoms with Gasteiger partial charge in [0.1, 0.15) is 12.0 Å². The van der Waals surface area contributed by atoms with Crippen LogP contribution in [0.2, 0.25) is 0 Å².